The van der Waals surface area contributed by atoms with Crippen molar-refractivity contribution < 1.29 is 34.8 Å². The molecule has 7 heteroatoms. The van der Waals surface area contributed by atoms with E-state index < -0.39 is 46.1 Å². The first kappa shape index (κ1) is 27.6. The summed E-state index contributed by atoms with van der Waals surface area (Å²) in [5, 5.41) is 46.9. The van der Waals surface area contributed by atoms with Gasteiger partial charge in [-0.3, -0.25) is 4.79 Å². The van der Waals surface area contributed by atoms with Gasteiger partial charge in [0.15, 0.2) is 0 Å². The number of carbonyl (C=O) groups is 2. The molecule has 13 atom stereocenters. The summed E-state index contributed by atoms with van der Waals surface area (Å²) in [5.74, 6) is -0.919. The molecule has 216 valence electrons. The van der Waals surface area contributed by atoms with Gasteiger partial charge in [-0.1, -0.05) is 23.8 Å². The summed E-state index contributed by atoms with van der Waals surface area (Å²) in [6.07, 6.45) is 5.61. The molecule has 6 aliphatic rings. The predicted molar refractivity (Wildman–Crippen MR) is 144 cm³/mol. The average Bonchev–Trinajstić information content (AvgIpc) is 3.62. The lowest BCUT2D eigenvalue weighted by Crippen LogP contribution is -2.59. The fourth-order valence-electron chi connectivity index (χ4n) is 11.4. The fourth-order valence-corrected chi connectivity index (χ4v) is 11.4. The van der Waals surface area contributed by atoms with Gasteiger partial charge in [-0.15, -0.1) is 0 Å². The number of allylic oxidation sites excluding steroid dienone is 1. The van der Waals surface area contributed by atoms with Crippen LogP contribution in [0.1, 0.15) is 79.1 Å². The summed E-state index contributed by atoms with van der Waals surface area (Å²) in [6, 6.07) is 0. The van der Waals surface area contributed by atoms with Crippen molar-refractivity contribution in [1.29, 1.82) is 0 Å². The van der Waals surface area contributed by atoms with Crippen LogP contribution in [-0.2, 0) is 14.3 Å². The highest BCUT2D eigenvalue weighted by molar-refractivity contribution is 5.71. The predicted octanol–water partition coefficient (Wildman–Crippen LogP) is 3.33. The molecule has 1 spiro atoms. The molecule has 5 saturated carbocycles. The Labute approximate surface area is 231 Å². The van der Waals surface area contributed by atoms with E-state index in [1.165, 1.54) is 6.92 Å². The topological polar surface area (TPSA) is 124 Å². The molecule has 7 nitrogen and oxygen atoms in total. The molecule has 2 bridgehead atoms. The maximum atomic E-state index is 13.3. The van der Waals surface area contributed by atoms with E-state index in [0.29, 0.717) is 25.7 Å². The minimum absolute atomic E-state index is 0.0817. The van der Waals surface area contributed by atoms with Gasteiger partial charge >= 0.3 is 5.97 Å². The molecule has 0 aromatic carbocycles. The normalized spacial score (nSPS) is 52.1. The van der Waals surface area contributed by atoms with Gasteiger partial charge in [0.25, 0.3) is 0 Å². The van der Waals surface area contributed by atoms with Gasteiger partial charge in [-0.2, -0.15) is 0 Å². The highest BCUT2D eigenvalue weighted by Gasteiger charge is 2.83. The van der Waals surface area contributed by atoms with Crippen molar-refractivity contribution in [1.82, 2.24) is 0 Å². The molecule has 0 aromatic heterocycles. The van der Waals surface area contributed by atoms with E-state index in [4.69, 9.17) is 4.74 Å². The Kier molecular flexibility index (Phi) is 6.18. The largest absolute Gasteiger partial charge is 0.462 e. The van der Waals surface area contributed by atoms with E-state index in [0.717, 1.165) is 43.1 Å². The summed E-state index contributed by atoms with van der Waals surface area (Å²) in [5.41, 5.74) is -2.07. The van der Waals surface area contributed by atoms with Crippen molar-refractivity contribution >= 4 is 12.3 Å². The first-order valence-electron chi connectivity index (χ1n) is 15.1. The number of aliphatic hydroxyl groups is 4. The van der Waals surface area contributed by atoms with Gasteiger partial charge < -0.3 is 30.0 Å². The second kappa shape index (κ2) is 8.73. The summed E-state index contributed by atoms with van der Waals surface area (Å²) >= 11 is 0. The molecular formula is C32H46O7. The van der Waals surface area contributed by atoms with Gasteiger partial charge in [0.2, 0.25) is 0 Å². The van der Waals surface area contributed by atoms with Gasteiger partial charge in [0.1, 0.15) is 12.4 Å². The van der Waals surface area contributed by atoms with Crippen molar-refractivity contribution in [3.05, 3.63) is 23.8 Å². The molecule has 4 N–H and O–H groups in total. The standard InChI is InChI=1S/C32H46O7/c1-16(2)18-6-8-20(25(18)39-17(3)34)19-7-9-21-22(19)14-30(15-33)24-11-13-32(30,26(21)35)28(37)31(24)12-10-23(27(31)36)29(4,5)38/h14-15,18-21,23-28,35-38H,1,6-13H2,2-5H3/t18-,19-,20?,21?,23-,24+,25+,26+,27+,28+,30+,31-,32-/m0/s1. The third-order valence-corrected chi connectivity index (χ3v) is 12.8. The summed E-state index contributed by atoms with van der Waals surface area (Å²) in [7, 11) is 0. The molecule has 0 aromatic rings. The monoisotopic (exact) mass is 542 g/mol. The molecule has 0 amide bonds. The van der Waals surface area contributed by atoms with Crippen LogP contribution in [0, 0.1) is 51.8 Å². The number of ether oxygens (including phenoxy) is 1. The number of fused-ring (bicyclic) bond motifs is 2. The minimum Gasteiger partial charge on any atom is -0.462 e. The molecule has 0 saturated heterocycles. The van der Waals surface area contributed by atoms with Crippen LogP contribution in [0.25, 0.3) is 0 Å². The zero-order valence-electron chi connectivity index (χ0n) is 23.8. The number of rotatable bonds is 5. The zero-order chi connectivity index (χ0) is 28.3. The van der Waals surface area contributed by atoms with Crippen molar-refractivity contribution in [2.45, 2.75) is 109 Å². The van der Waals surface area contributed by atoms with Gasteiger partial charge in [0, 0.05) is 41.4 Å². The van der Waals surface area contributed by atoms with Crippen LogP contribution in [0.15, 0.2) is 23.8 Å². The molecule has 5 fully saturated rings. The Bertz CT molecular complexity index is 1110. The minimum atomic E-state index is -1.12. The van der Waals surface area contributed by atoms with Crippen molar-refractivity contribution in [3.63, 3.8) is 0 Å². The number of aliphatic hydroxyl groups excluding tert-OH is 3. The highest BCUT2D eigenvalue weighted by atomic mass is 16.5. The molecule has 0 heterocycles. The lowest BCUT2D eigenvalue weighted by atomic mass is 9.55. The number of hydrogen-bond donors (Lipinski definition) is 4. The average molecular weight is 543 g/mol. The van der Waals surface area contributed by atoms with E-state index in [2.05, 4.69) is 12.7 Å². The number of aldehydes is 1. The molecule has 39 heavy (non-hydrogen) atoms. The summed E-state index contributed by atoms with van der Waals surface area (Å²) in [4.78, 5) is 25.4. The van der Waals surface area contributed by atoms with Crippen molar-refractivity contribution in [2.75, 3.05) is 0 Å². The van der Waals surface area contributed by atoms with Crippen LogP contribution in [0.3, 0.4) is 0 Å². The maximum Gasteiger partial charge on any atom is 0.302 e. The first-order valence-corrected chi connectivity index (χ1v) is 15.1. The number of esters is 1. The summed E-state index contributed by atoms with van der Waals surface area (Å²) < 4.78 is 5.90. The van der Waals surface area contributed by atoms with Crippen molar-refractivity contribution in [3.8, 4) is 0 Å². The van der Waals surface area contributed by atoms with Crippen LogP contribution in [0.2, 0.25) is 0 Å². The van der Waals surface area contributed by atoms with Crippen LogP contribution in [0.5, 0.6) is 0 Å². The number of hydrogen-bond acceptors (Lipinski definition) is 7. The van der Waals surface area contributed by atoms with Crippen LogP contribution >= 0.6 is 0 Å². The SMILES string of the molecule is C=C(C)[C@@H]1CCC([C@@H]2CCC3C2=C[C@@]2(C=O)[C@H]4CC[C@]2([C@@H]3O)[C@H](O)[C@@]42CC[C@H](C(C)(C)O)[C@H]2O)[C@@H]1OC(C)=O. The fraction of sp³-hybridized carbons (Fsp3) is 0.812. The Morgan fingerprint density at radius 3 is 2.31 bits per heavy atom. The second-order valence-corrected chi connectivity index (χ2v) is 14.6. The van der Waals surface area contributed by atoms with E-state index in [1.54, 1.807) is 13.8 Å². The van der Waals surface area contributed by atoms with Gasteiger partial charge in [-0.25, -0.2) is 0 Å². The number of carbonyl (C=O) groups excluding carboxylic acids is 2. The van der Waals surface area contributed by atoms with E-state index in [1.807, 2.05) is 6.92 Å². The third kappa shape index (κ3) is 3.25. The first-order chi connectivity index (χ1) is 18.3. The molecule has 2 unspecified atom stereocenters. The zero-order valence-corrected chi connectivity index (χ0v) is 23.8. The van der Waals surface area contributed by atoms with Gasteiger partial charge in [-0.05, 0) is 84.0 Å². The Balaban J connectivity index is 1.43. The van der Waals surface area contributed by atoms with E-state index >= 15 is 0 Å². The van der Waals surface area contributed by atoms with Crippen LogP contribution in [0.4, 0.5) is 0 Å². The molecule has 6 aliphatic carbocycles. The van der Waals surface area contributed by atoms with Gasteiger partial charge in [0.05, 0.1) is 29.3 Å². The lowest BCUT2D eigenvalue weighted by Gasteiger charge is -2.51. The Morgan fingerprint density at radius 2 is 1.72 bits per heavy atom. The van der Waals surface area contributed by atoms with Crippen LogP contribution < -0.4 is 0 Å². The quantitative estimate of drug-likeness (QED) is 0.239. The Morgan fingerprint density at radius 1 is 1.03 bits per heavy atom. The highest BCUT2D eigenvalue weighted by Crippen LogP contribution is 2.80. The third-order valence-electron chi connectivity index (χ3n) is 12.8. The molecular weight excluding hydrogens is 496 g/mol. The summed E-state index contributed by atoms with van der Waals surface area (Å²) in [6.45, 7) is 11.0. The molecule has 6 rings (SSSR count). The van der Waals surface area contributed by atoms with Crippen LogP contribution in [-0.4, -0.2) is 62.7 Å². The second-order valence-electron chi connectivity index (χ2n) is 14.6. The lowest BCUT2D eigenvalue weighted by molar-refractivity contribution is -0.170. The van der Waals surface area contributed by atoms with E-state index in [-0.39, 0.29) is 41.7 Å². The van der Waals surface area contributed by atoms with Crippen molar-refractivity contribution in [2.24, 2.45) is 51.8 Å². The van der Waals surface area contributed by atoms with E-state index in [9.17, 15) is 30.0 Å². The smallest absolute Gasteiger partial charge is 0.302 e. The molecule has 0 radical (unpaired) electrons. The molecule has 0 aliphatic heterocycles. The Hall–Kier alpha value is -1.54. The maximum absolute atomic E-state index is 13.3.